The highest BCUT2D eigenvalue weighted by atomic mass is 19.1. The van der Waals surface area contributed by atoms with Crippen LogP contribution in [0.3, 0.4) is 0 Å². The molecule has 3 rings (SSSR count). The first-order chi connectivity index (χ1) is 12.5. The number of aromatic nitrogens is 1. The number of anilines is 1. The van der Waals surface area contributed by atoms with E-state index >= 15 is 0 Å². The van der Waals surface area contributed by atoms with Crippen molar-refractivity contribution in [1.82, 2.24) is 9.88 Å². The average molecular weight is 355 g/mol. The third-order valence-electron chi connectivity index (χ3n) is 5.36. The number of hydrogen-bond donors (Lipinski definition) is 0. The number of carbonyl (C=O) groups excluding carboxylic acids is 1. The zero-order chi connectivity index (χ0) is 18.7. The van der Waals surface area contributed by atoms with Crippen molar-refractivity contribution in [2.45, 2.75) is 32.7 Å². The number of likely N-dealkylation sites (tertiary alicyclic amines) is 1. The van der Waals surface area contributed by atoms with E-state index < -0.39 is 0 Å². The Balaban J connectivity index is 1.68. The number of benzene rings is 1. The van der Waals surface area contributed by atoms with Crippen LogP contribution in [0.2, 0.25) is 0 Å². The van der Waals surface area contributed by atoms with Gasteiger partial charge in [-0.25, -0.2) is 9.37 Å². The molecule has 1 aromatic heterocycles. The van der Waals surface area contributed by atoms with E-state index in [9.17, 15) is 9.18 Å². The molecular weight excluding hydrogens is 329 g/mol. The van der Waals surface area contributed by atoms with Crippen LogP contribution < -0.4 is 4.90 Å². The molecule has 1 atom stereocenters. The van der Waals surface area contributed by atoms with Crippen molar-refractivity contribution in [3.05, 3.63) is 59.5 Å². The molecule has 1 amide bonds. The quantitative estimate of drug-likeness (QED) is 0.821. The van der Waals surface area contributed by atoms with Crippen molar-refractivity contribution < 1.29 is 9.18 Å². The number of carbonyl (C=O) groups is 1. The first-order valence-electron chi connectivity index (χ1n) is 9.19. The number of nitrogens with zero attached hydrogens (tertiary/aromatic N) is 3. The summed E-state index contributed by atoms with van der Waals surface area (Å²) in [6, 6.07) is 10.3. The molecule has 2 aromatic rings. The van der Waals surface area contributed by atoms with Crippen LogP contribution in [0.15, 0.2) is 42.6 Å². The van der Waals surface area contributed by atoms with Gasteiger partial charge in [0.1, 0.15) is 11.6 Å². The standard InChI is InChI=1S/C21H26FN3O/c1-15-10-12-25(13-11-15)21(26)18-6-9-20(23-14-18)24(3)16(2)17-4-7-19(22)8-5-17/h4-9,14-16H,10-13H2,1-3H3. The molecule has 0 bridgehead atoms. The third kappa shape index (κ3) is 4.03. The van der Waals surface area contributed by atoms with Crippen LogP contribution in [0.4, 0.5) is 10.2 Å². The molecule has 1 fully saturated rings. The van der Waals surface area contributed by atoms with E-state index in [0.29, 0.717) is 11.5 Å². The normalized spacial score (nSPS) is 16.4. The molecule has 1 aromatic carbocycles. The van der Waals surface area contributed by atoms with Gasteiger partial charge in [-0.15, -0.1) is 0 Å². The summed E-state index contributed by atoms with van der Waals surface area (Å²) in [5, 5.41) is 0. The molecule has 0 N–H and O–H groups in total. The van der Waals surface area contributed by atoms with Crippen molar-refractivity contribution in [3.63, 3.8) is 0 Å². The van der Waals surface area contributed by atoms with E-state index in [4.69, 9.17) is 0 Å². The summed E-state index contributed by atoms with van der Waals surface area (Å²) in [4.78, 5) is 21.0. The Bertz CT molecular complexity index is 737. The summed E-state index contributed by atoms with van der Waals surface area (Å²) in [6.07, 6.45) is 3.79. The average Bonchev–Trinajstić information content (AvgIpc) is 2.67. The van der Waals surface area contributed by atoms with Gasteiger partial charge >= 0.3 is 0 Å². The number of amides is 1. The molecule has 1 aliphatic rings. The minimum absolute atomic E-state index is 0.0493. The Kier molecular flexibility index (Phi) is 5.55. The summed E-state index contributed by atoms with van der Waals surface area (Å²) in [6.45, 7) is 5.92. The Labute approximate surface area is 154 Å². The molecule has 0 aliphatic carbocycles. The van der Waals surface area contributed by atoms with Gasteiger partial charge in [0.25, 0.3) is 5.91 Å². The highest BCUT2D eigenvalue weighted by Crippen LogP contribution is 2.24. The Morgan fingerprint density at radius 3 is 2.42 bits per heavy atom. The zero-order valence-electron chi connectivity index (χ0n) is 15.7. The van der Waals surface area contributed by atoms with Crippen molar-refractivity contribution in [2.75, 3.05) is 25.0 Å². The van der Waals surface area contributed by atoms with Crippen molar-refractivity contribution in [1.29, 1.82) is 0 Å². The highest BCUT2D eigenvalue weighted by Gasteiger charge is 2.22. The lowest BCUT2D eigenvalue weighted by Crippen LogP contribution is -2.38. The van der Waals surface area contributed by atoms with Crippen LogP contribution >= 0.6 is 0 Å². The van der Waals surface area contributed by atoms with Gasteiger partial charge in [0.15, 0.2) is 0 Å². The topological polar surface area (TPSA) is 36.4 Å². The molecular formula is C21H26FN3O. The lowest BCUT2D eigenvalue weighted by Gasteiger charge is -2.30. The van der Waals surface area contributed by atoms with E-state index in [1.54, 1.807) is 18.3 Å². The van der Waals surface area contributed by atoms with E-state index in [1.165, 1.54) is 12.1 Å². The van der Waals surface area contributed by atoms with Gasteiger partial charge in [-0.05, 0) is 55.5 Å². The fraction of sp³-hybridized carbons (Fsp3) is 0.429. The fourth-order valence-electron chi connectivity index (χ4n) is 3.28. The van der Waals surface area contributed by atoms with Crippen molar-refractivity contribution in [2.24, 2.45) is 5.92 Å². The smallest absolute Gasteiger partial charge is 0.255 e. The van der Waals surface area contributed by atoms with E-state index in [1.807, 2.05) is 35.9 Å². The van der Waals surface area contributed by atoms with Crippen LogP contribution in [-0.4, -0.2) is 35.9 Å². The zero-order valence-corrected chi connectivity index (χ0v) is 15.7. The maximum absolute atomic E-state index is 13.1. The number of rotatable bonds is 4. The van der Waals surface area contributed by atoms with E-state index in [-0.39, 0.29) is 17.8 Å². The monoisotopic (exact) mass is 355 g/mol. The van der Waals surface area contributed by atoms with Gasteiger partial charge in [-0.3, -0.25) is 4.79 Å². The van der Waals surface area contributed by atoms with Gasteiger partial charge in [-0.1, -0.05) is 19.1 Å². The van der Waals surface area contributed by atoms with Gasteiger partial charge in [-0.2, -0.15) is 0 Å². The summed E-state index contributed by atoms with van der Waals surface area (Å²) in [5.41, 5.74) is 1.64. The van der Waals surface area contributed by atoms with Crippen LogP contribution in [0, 0.1) is 11.7 Å². The Morgan fingerprint density at radius 2 is 1.85 bits per heavy atom. The Hall–Kier alpha value is -2.43. The molecule has 1 aliphatic heterocycles. The first kappa shape index (κ1) is 18.4. The van der Waals surface area contributed by atoms with Gasteiger partial charge in [0.2, 0.25) is 0 Å². The summed E-state index contributed by atoms with van der Waals surface area (Å²) in [7, 11) is 1.95. The lowest BCUT2D eigenvalue weighted by molar-refractivity contribution is 0.0697. The maximum atomic E-state index is 13.1. The maximum Gasteiger partial charge on any atom is 0.255 e. The predicted molar refractivity (Wildman–Crippen MR) is 102 cm³/mol. The highest BCUT2D eigenvalue weighted by molar-refractivity contribution is 5.94. The lowest BCUT2D eigenvalue weighted by atomic mass is 9.99. The van der Waals surface area contributed by atoms with Crippen LogP contribution in [0.25, 0.3) is 0 Å². The molecule has 138 valence electrons. The molecule has 1 unspecified atom stereocenters. The largest absolute Gasteiger partial charge is 0.353 e. The number of halogens is 1. The van der Waals surface area contributed by atoms with Crippen molar-refractivity contribution >= 4 is 11.7 Å². The second kappa shape index (κ2) is 7.85. The molecule has 1 saturated heterocycles. The van der Waals surface area contributed by atoms with Gasteiger partial charge in [0.05, 0.1) is 11.6 Å². The van der Waals surface area contributed by atoms with Gasteiger partial charge in [0, 0.05) is 26.3 Å². The molecule has 0 saturated carbocycles. The van der Waals surface area contributed by atoms with E-state index in [2.05, 4.69) is 11.9 Å². The molecule has 2 heterocycles. The predicted octanol–water partition coefficient (Wildman–Crippen LogP) is 4.29. The van der Waals surface area contributed by atoms with Crippen LogP contribution in [0.1, 0.15) is 48.7 Å². The summed E-state index contributed by atoms with van der Waals surface area (Å²) in [5.74, 6) is 1.30. The minimum atomic E-state index is -0.239. The molecule has 0 spiro atoms. The first-order valence-corrected chi connectivity index (χ1v) is 9.19. The molecule has 5 heteroatoms. The summed E-state index contributed by atoms with van der Waals surface area (Å²) >= 11 is 0. The SMILES string of the molecule is CC1CCN(C(=O)c2ccc(N(C)C(C)c3ccc(F)cc3)nc2)CC1. The van der Waals surface area contributed by atoms with E-state index in [0.717, 1.165) is 37.3 Å². The molecule has 26 heavy (non-hydrogen) atoms. The van der Waals surface area contributed by atoms with Gasteiger partial charge < -0.3 is 9.80 Å². The number of pyridine rings is 1. The Morgan fingerprint density at radius 1 is 1.19 bits per heavy atom. The van der Waals surface area contributed by atoms with Crippen molar-refractivity contribution in [3.8, 4) is 0 Å². The second-order valence-electron chi connectivity index (χ2n) is 7.22. The fourth-order valence-corrected chi connectivity index (χ4v) is 3.28. The molecule has 4 nitrogen and oxygen atoms in total. The minimum Gasteiger partial charge on any atom is -0.353 e. The second-order valence-corrected chi connectivity index (χ2v) is 7.22. The number of piperidine rings is 1. The molecule has 0 radical (unpaired) electrons. The third-order valence-corrected chi connectivity index (χ3v) is 5.36. The number of hydrogen-bond acceptors (Lipinski definition) is 3. The van der Waals surface area contributed by atoms with Crippen LogP contribution in [0.5, 0.6) is 0 Å². The van der Waals surface area contributed by atoms with Crippen LogP contribution in [-0.2, 0) is 0 Å². The summed E-state index contributed by atoms with van der Waals surface area (Å²) < 4.78 is 13.1.